The molecule has 0 heterocycles. The molecule has 0 radical (unpaired) electrons. The molecule has 150 valence electrons. The van der Waals surface area contributed by atoms with E-state index >= 15 is 0 Å². The van der Waals surface area contributed by atoms with Gasteiger partial charge in [0.25, 0.3) is 0 Å². The Labute approximate surface area is 166 Å². The minimum atomic E-state index is -0.0715. The first kappa shape index (κ1) is 21.1. The lowest BCUT2D eigenvalue weighted by Crippen LogP contribution is -2.37. The number of anilines is 1. The van der Waals surface area contributed by atoms with Crippen molar-refractivity contribution in [1.82, 2.24) is 10.6 Å². The third kappa shape index (κ3) is 6.50. The average Bonchev–Trinajstić information content (AvgIpc) is 2.71. The lowest BCUT2D eigenvalue weighted by Gasteiger charge is -2.14. The quantitative estimate of drug-likeness (QED) is 0.481. The maximum Gasteiger partial charge on any atom is 0.221 e. The predicted octanol–water partition coefficient (Wildman–Crippen LogP) is 2.57. The number of methoxy groups -OCH3 is 2. The maximum absolute atomic E-state index is 11.1. The molecule has 3 N–H and O–H groups in total. The highest BCUT2D eigenvalue weighted by Crippen LogP contribution is 2.24. The zero-order chi connectivity index (χ0) is 20.4. The SMILES string of the molecule is CN=C(NCCc1ccc(NC(C)=O)cc1)NCc1ccc(OC)cc1OC. The van der Waals surface area contributed by atoms with Gasteiger partial charge in [0.1, 0.15) is 11.5 Å². The van der Waals surface area contributed by atoms with E-state index in [9.17, 15) is 4.79 Å². The fourth-order valence-corrected chi connectivity index (χ4v) is 2.68. The molecule has 2 aromatic rings. The molecule has 0 aromatic heterocycles. The van der Waals surface area contributed by atoms with Crippen LogP contribution < -0.4 is 25.4 Å². The highest BCUT2D eigenvalue weighted by atomic mass is 16.5. The van der Waals surface area contributed by atoms with Gasteiger partial charge in [-0.1, -0.05) is 12.1 Å². The molecule has 0 saturated carbocycles. The number of amides is 1. The number of hydrogen-bond donors (Lipinski definition) is 3. The van der Waals surface area contributed by atoms with E-state index in [1.807, 2.05) is 42.5 Å². The molecule has 1 amide bonds. The molecule has 28 heavy (non-hydrogen) atoms. The number of nitrogens with one attached hydrogen (secondary N) is 3. The van der Waals surface area contributed by atoms with Crippen molar-refractivity contribution >= 4 is 17.6 Å². The summed E-state index contributed by atoms with van der Waals surface area (Å²) in [5.74, 6) is 2.17. The Hall–Kier alpha value is -3.22. The first-order chi connectivity index (χ1) is 13.5. The standard InChI is InChI=1S/C21H28N4O3/c1-15(26)25-18-8-5-16(6-9-18)11-12-23-21(22-2)24-14-17-7-10-19(27-3)13-20(17)28-4/h5-10,13H,11-12,14H2,1-4H3,(H,25,26)(H2,22,23,24). The van der Waals surface area contributed by atoms with Crippen molar-refractivity contribution in [2.75, 3.05) is 33.1 Å². The first-order valence-corrected chi connectivity index (χ1v) is 9.07. The molecule has 0 spiro atoms. The Bertz CT molecular complexity index is 804. The second-order valence-electron chi connectivity index (χ2n) is 6.16. The van der Waals surface area contributed by atoms with Gasteiger partial charge in [0.2, 0.25) is 5.91 Å². The number of carbonyl (C=O) groups is 1. The monoisotopic (exact) mass is 384 g/mol. The molecule has 0 aliphatic heterocycles. The number of aliphatic imine (C=N–C) groups is 1. The van der Waals surface area contributed by atoms with Gasteiger partial charge >= 0.3 is 0 Å². The predicted molar refractivity (Wildman–Crippen MR) is 112 cm³/mol. The van der Waals surface area contributed by atoms with Crippen LogP contribution in [0.2, 0.25) is 0 Å². The Morgan fingerprint density at radius 2 is 1.79 bits per heavy atom. The van der Waals surface area contributed by atoms with Crippen LogP contribution in [-0.2, 0) is 17.8 Å². The van der Waals surface area contributed by atoms with E-state index < -0.39 is 0 Å². The van der Waals surface area contributed by atoms with E-state index in [-0.39, 0.29) is 5.91 Å². The summed E-state index contributed by atoms with van der Waals surface area (Å²) in [6.45, 7) is 2.81. The van der Waals surface area contributed by atoms with Crippen molar-refractivity contribution in [3.8, 4) is 11.5 Å². The van der Waals surface area contributed by atoms with E-state index in [1.54, 1.807) is 21.3 Å². The Kier molecular flexibility index (Phi) is 8.14. The fourth-order valence-electron chi connectivity index (χ4n) is 2.68. The van der Waals surface area contributed by atoms with E-state index in [0.29, 0.717) is 12.5 Å². The maximum atomic E-state index is 11.1. The van der Waals surface area contributed by atoms with Gasteiger partial charge in [-0.05, 0) is 36.2 Å². The number of hydrogen-bond acceptors (Lipinski definition) is 4. The summed E-state index contributed by atoms with van der Waals surface area (Å²) in [5, 5.41) is 9.35. The number of ether oxygens (including phenoxy) is 2. The van der Waals surface area contributed by atoms with Crippen LogP contribution in [0.15, 0.2) is 47.5 Å². The van der Waals surface area contributed by atoms with Crippen LogP contribution in [0.5, 0.6) is 11.5 Å². The minimum absolute atomic E-state index is 0.0715. The topological polar surface area (TPSA) is 84.0 Å². The van der Waals surface area contributed by atoms with Crippen LogP contribution in [0.25, 0.3) is 0 Å². The second-order valence-corrected chi connectivity index (χ2v) is 6.16. The van der Waals surface area contributed by atoms with Crippen molar-refractivity contribution in [2.24, 2.45) is 4.99 Å². The fraction of sp³-hybridized carbons (Fsp3) is 0.333. The highest BCUT2D eigenvalue weighted by molar-refractivity contribution is 5.88. The highest BCUT2D eigenvalue weighted by Gasteiger charge is 2.06. The summed E-state index contributed by atoms with van der Waals surface area (Å²) in [4.78, 5) is 15.3. The minimum Gasteiger partial charge on any atom is -0.497 e. The molecular weight excluding hydrogens is 356 g/mol. The van der Waals surface area contributed by atoms with Gasteiger partial charge in [-0.15, -0.1) is 0 Å². The smallest absolute Gasteiger partial charge is 0.221 e. The number of guanidine groups is 1. The second kappa shape index (κ2) is 10.8. The van der Waals surface area contributed by atoms with Crippen molar-refractivity contribution in [1.29, 1.82) is 0 Å². The summed E-state index contributed by atoms with van der Waals surface area (Å²) >= 11 is 0. The van der Waals surface area contributed by atoms with Gasteiger partial charge in [-0.25, -0.2) is 0 Å². The van der Waals surface area contributed by atoms with Crippen molar-refractivity contribution < 1.29 is 14.3 Å². The lowest BCUT2D eigenvalue weighted by molar-refractivity contribution is -0.114. The van der Waals surface area contributed by atoms with Gasteiger partial charge < -0.3 is 25.4 Å². The Balaban J connectivity index is 1.82. The molecule has 0 fully saturated rings. The van der Waals surface area contributed by atoms with Crippen LogP contribution in [0, 0.1) is 0 Å². The number of rotatable bonds is 8. The molecular formula is C21H28N4O3. The Morgan fingerprint density at radius 1 is 1.04 bits per heavy atom. The first-order valence-electron chi connectivity index (χ1n) is 9.07. The Morgan fingerprint density at radius 3 is 2.39 bits per heavy atom. The van der Waals surface area contributed by atoms with Crippen LogP contribution >= 0.6 is 0 Å². The molecule has 2 aromatic carbocycles. The summed E-state index contributed by atoms with van der Waals surface area (Å²) in [6.07, 6.45) is 0.840. The van der Waals surface area contributed by atoms with Gasteiger partial charge in [-0.2, -0.15) is 0 Å². The van der Waals surface area contributed by atoms with Crippen molar-refractivity contribution in [3.05, 3.63) is 53.6 Å². The third-order valence-electron chi connectivity index (χ3n) is 4.14. The summed E-state index contributed by atoms with van der Waals surface area (Å²) in [5.41, 5.74) is 2.99. The molecule has 0 bridgehead atoms. The van der Waals surface area contributed by atoms with Crippen molar-refractivity contribution in [2.45, 2.75) is 19.9 Å². The molecule has 0 aliphatic carbocycles. The summed E-state index contributed by atoms with van der Waals surface area (Å²) in [7, 11) is 5.01. The zero-order valence-corrected chi connectivity index (χ0v) is 16.8. The van der Waals surface area contributed by atoms with Gasteiger partial charge in [-0.3, -0.25) is 9.79 Å². The van der Waals surface area contributed by atoms with Gasteiger partial charge in [0, 0.05) is 44.4 Å². The molecule has 7 nitrogen and oxygen atoms in total. The zero-order valence-electron chi connectivity index (χ0n) is 16.8. The number of benzene rings is 2. The molecule has 0 saturated heterocycles. The van der Waals surface area contributed by atoms with E-state index in [0.717, 1.165) is 35.7 Å². The van der Waals surface area contributed by atoms with Crippen LogP contribution in [0.4, 0.5) is 5.69 Å². The molecule has 2 rings (SSSR count). The van der Waals surface area contributed by atoms with Crippen molar-refractivity contribution in [3.63, 3.8) is 0 Å². The third-order valence-corrected chi connectivity index (χ3v) is 4.14. The number of nitrogens with zero attached hydrogens (tertiary/aromatic N) is 1. The number of carbonyl (C=O) groups excluding carboxylic acids is 1. The average molecular weight is 384 g/mol. The summed E-state index contributed by atoms with van der Waals surface area (Å²) in [6, 6.07) is 13.5. The van der Waals surface area contributed by atoms with Crippen LogP contribution in [-0.4, -0.2) is 39.7 Å². The largest absolute Gasteiger partial charge is 0.497 e. The molecule has 0 aliphatic rings. The van der Waals surface area contributed by atoms with E-state index in [2.05, 4.69) is 20.9 Å². The van der Waals surface area contributed by atoms with Crippen LogP contribution in [0.1, 0.15) is 18.1 Å². The normalized spacial score (nSPS) is 10.9. The summed E-state index contributed by atoms with van der Waals surface area (Å²) < 4.78 is 10.6. The van der Waals surface area contributed by atoms with Gasteiger partial charge in [0.05, 0.1) is 14.2 Å². The van der Waals surface area contributed by atoms with E-state index in [4.69, 9.17) is 9.47 Å². The molecule has 0 unspecified atom stereocenters. The van der Waals surface area contributed by atoms with E-state index in [1.165, 1.54) is 12.5 Å². The van der Waals surface area contributed by atoms with Crippen LogP contribution in [0.3, 0.4) is 0 Å². The molecule has 7 heteroatoms. The lowest BCUT2D eigenvalue weighted by atomic mass is 10.1. The molecule has 0 atom stereocenters. The van der Waals surface area contributed by atoms with Gasteiger partial charge in [0.15, 0.2) is 5.96 Å².